The van der Waals surface area contributed by atoms with Gasteiger partial charge in [-0.1, -0.05) is 41.9 Å². The Bertz CT molecular complexity index is 521. The molecule has 100 valence electrons. The normalized spacial score (nSPS) is 14.1. The molecular weight excluding hydrogens is 280 g/mol. The van der Waals surface area contributed by atoms with E-state index in [4.69, 9.17) is 17.3 Å². The van der Waals surface area contributed by atoms with Gasteiger partial charge in [0.2, 0.25) is 0 Å². The number of thioether (sulfide) groups is 1. The molecule has 0 spiro atoms. The maximum atomic E-state index is 9.58. The van der Waals surface area contributed by atoms with Crippen molar-refractivity contribution in [3.63, 3.8) is 0 Å². The monoisotopic (exact) mass is 294 g/mol. The van der Waals surface area contributed by atoms with Crippen LogP contribution in [0.15, 0.2) is 53.7 Å². The van der Waals surface area contributed by atoms with Crippen molar-refractivity contribution in [1.29, 1.82) is 0 Å². The van der Waals surface area contributed by atoms with Gasteiger partial charge in [-0.2, -0.15) is 0 Å². The zero-order valence-electron chi connectivity index (χ0n) is 10.3. The molecular formula is C14H15ClN2OS. The van der Waals surface area contributed by atoms with Crippen LogP contribution in [0.2, 0.25) is 5.02 Å². The Morgan fingerprint density at radius 2 is 1.95 bits per heavy atom. The SMILES string of the molecule is NC(CO)(CSc1ccc(Cl)cn1)c1ccccc1. The van der Waals surface area contributed by atoms with E-state index in [1.165, 1.54) is 11.8 Å². The van der Waals surface area contributed by atoms with E-state index in [0.29, 0.717) is 10.8 Å². The van der Waals surface area contributed by atoms with Crippen molar-refractivity contribution in [3.05, 3.63) is 59.2 Å². The van der Waals surface area contributed by atoms with E-state index in [1.54, 1.807) is 12.3 Å². The molecule has 1 aromatic heterocycles. The molecule has 19 heavy (non-hydrogen) atoms. The van der Waals surface area contributed by atoms with Crippen LogP contribution in [0, 0.1) is 0 Å². The van der Waals surface area contributed by atoms with E-state index < -0.39 is 5.54 Å². The lowest BCUT2D eigenvalue weighted by molar-refractivity contribution is 0.213. The van der Waals surface area contributed by atoms with Crippen LogP contribution in [0.1, 0.15) is 5.56 Å². The Labute approximate surface area is 121 Å². The summed E-state index contributed by atoms with van der Waals surface area (Å²) >= 11 is 7.29. The summed E-state index contributed by atoms with van der Waals surface area (Å²) in [7, 11) is 0. The van der Waals surface area contributed by atoms with Gasteiger partial charge in [0, 0.05) is 11.9 Å². The molecule has 1 unspecified atom stereocenters. The first-order chi connectivity index (χ1) is 9.14. The first-order valence-electron chi connectivity index (χ1n) is 5.84. The minimum Gasteiger partial charge on any atom is -0.394 e. The van der Waals surface area contributed by atoms with Crippen LogP contribution in [0.4, 0.5) is 0 Å². The molecule has 0 saturated carbocycles. The molecule has 0 radical (unpaired) electrons. The maximum Gasteiger partial charge on any atom is 0.0961 e. The molecule has 0 amide bonds. The summed E-state index contributed by atoms with van der Waals surface area (Å²) in [6.07, 6.45) is 1.60. The molecule has 0 saturated heterocycles. The average Bonchev–Trinajstić information content (AvgIpc) is 2.47. The van der Waals surface area contributed by atoms with Gasteiger partial charge >= 0.3 is 0 Å². The van der Waals surface area contributed by atoms with Gasteiger partial charge in [-0.3, -0.25) is 0 Å². The number of aliphatic hydroxyl groups is 1. The number of aromatic nitrogens is 1. The van der Waals surface area contributed by atoms with Crippen molar-refractivity contribution in [3.8, 4) is 0 Å². The second kappa shape index (κ2) is 6.39. The van der Waals surface area contributed by atoms with Crippen LogP contribution in [-0.2, 0) is 5.54 Å². The average molecular weight is 295 g/mol. The third kappa shape index (κ3) is 3.70. The molecule has 2 rings (SSSR count). The number of rotatable bonds is 5. The lowest BCUT2D eigenvalue weighted by atomic mass is 9.94. The first kappa shape index (κ1) is 14.3. The van der Waals surface area contributed by atoms with Crippen molar-refractivity contribution >= 4 is 23.4 Å². The van der Waals surface area contributed by atoms with Gasteiger partial charge in [-0.25, -0.2) is 4.98 Å². The van der Waals surface area contributed by atoms with Crippen LogP contribution >= 0.6 is 23.4 Å². The number of hydrogen-bond acceptors (Lipinski definition) is 4. The smallest absolute Gasteiger partial charge is 0.0961 e. The van der Waals surface area contributed by atoms with Crippen LogP contribution in [0.25, 0.3) is 0 Å². The van der Waals surface area contributed by atoms with E-state index in [9.17, 15) is 5.11 Å². The lowest BCUT2D eigenvalue weighted by Gasteiger charge is -2.27. The summed E-state index contributed by atoms with van der Waals surface area (Å²) in [5.74, 6) is 0.544. The number of pyridine rings is 1. The van der Waals surface area contributed by atoms with Gasteiger partial charge in [0.25, 0.3) is 0 Å². The van der Waals surface area contributed by atoms with Crippen molar-refractivity contribution in [2.24, 2.45) is 5.73 Å². The van der Waals surface area contributed by atoms with E-state index >= 15 is 0 Å². The van der Waals surface area contributed by atoms with E-state index in [1.807, 2.05) is 36.4 Å². The summed E-state index contributed by atoms with van der Waals surface area (Å²) in [6.45, 7) is -0.113. The minimum absolute atomic E-state index is 0.113. The van der Waals surface area contributed by atoms with Gasteiger partial charge in [0.1, 0.15) is 0 Å². The summed E-state index contributed by atoms with van der Waals surface area (Å²) in [4.78, 5) is 4.20. The molecule has 0 aliphatic carbocycles. The zero-order chi connectivity index (χ0) is 13.7. The quantitative estimate of drug-likeness (QED) is 0.833. The molecule has 3 nitrogen and oxygen atoms in total. The third-order valence-corrected chi connectivity index (χ3v) is 4.23. The van der Waals surface area contributed by atoms with Crippen molar-refractivity contribution in [2.75, 3.05) is 12.4 Å². The van der Waals surface area contributed by atoms with E-state index in [-0.39, 0.29) is 6.61 Å². The third-order valence-electron chi connectivity index (χ3n) is 2.81. The number of benzene rings is 1. The summed E-state index contributed by atoms with van der Waals surface area (Å²) in [6, 6.07) is 13.2. The largest absolute Gasteiger partial charge is 0.394 e. The second-order valence-corrected chi connectivity index (χ2v) is 5.72. The van der Waals surface area contributed by atoms with E-state index in [0.717, 1.165) is 10.6 Å². The fraction of sp³-hybridized carbons (Fsp3) is 0.214. The highest BCUT2D eigenvalue weighted by atomic mass is 35.5. The molecule has 1 atom stereocenters. The second-order valence-electron chi connectivity index (χ2n) is 4.28. The molecule has 2 aromatic rings. The van der Waals surface area contributed by atoms with Gasteiger partial charge in [0.15, 0.2) is 0 Å². The summed E-state index contributed by atoms with van der Waals surface area (Å²) < 4.78 is 0. The highest BCUT2D eigenvalue weighted by molar-refractivity contribution is 7.99. The molecule has 1 heterocycles. The Kier molecular flexibility index (Phi) is 4.82. The van der Waals surface area contributed by atoms with Crippen LogP contribution in [-0.4, -0.2) is 22.5 Å². The minimum atomic E-state index is -0.771. The van der Waals surface area contributed by atoms with Gasteiger partial charge in [-0.15, -0.1) is 11.8 Å². The molecule has 5 heteroatoms. The number of aliphatic hydroxyl groups excluding tert-OH is 1. The molecule has 1 aromatic carbocycles. The standard InChI is InChI=1S/C14H15ClN2OS/c15-12-6-7-13(17-8-12)19-10-14(16,9-18)11-4-2-1-3-5-11/h1-8,18H,9-10,16H2. The van der Waals surface area contributed by atoms with Gasteiger partial charge < -0.3 is 10.8 Å². The lowest BCUT2D eigenvalue weighted by Crippen LogP contribution is -2.43. The van der Waals surface area contributed by atoms with Crippen molar-refractivity contribution in [2.45, 2.75) is 10.6 Å². The van der Waals surface area contributed by atoms with Gasteiger partial charge in [-0.05, 0) is 17.7 Å². The van der Waals surface area contributed by atoms with Crippen LogP contribution < -0.4 is 5.73 Å². The summed E-state index contributed by atoms with van der Waals surface area (Å²) in [5, 5.41) is 11.0. The highest BCUT2D eigenvalue weighted by Gasteiger charge is 2.26. The van der Waals surface area contributed by atoms with E-state index in [2.05, 4.69) is 4.98 Å². The van der Waals surface area contributed by atoms with Crippen LogP contribution in [0.5, 0.6) is 0 Å². The number of halogens is 1. The Morgan fingerprint density at radius 3 is 2.53 bits per heavy atom. The molecule has 0 fully saturated rings. The Balaban J connectivity index is 2.09. The number of nitrogens with two attached hydrogens (primary N) is 1. The highest BCUT2D eigenvalue weighted by Crippen LogP contribution is 2.27. The number of hydrogen-bond donors (Lipinski definition) is 2. The predicted molar refractivity (Wildman–Crippen MR) is 79.4 cm³/mol. The van der Waals surface area contributed by atoms with Gasteiger partial charge in [0.05, 0.1) is 22.2 Å². The first-order valence-corrected chi connectivity index (χ1v) is 7.20. The molecule has 0 aliphatic heterocycles. The Hall–Kier alpha value is -1.07. The zero-order valence-corrected chi connectivity index (χ0v) is 11.9. The molecule has 3 N–H and O–H groups in total. The Morgan fingerprint density at radius 1 is 1.21 bits per heavy atom. The fourth-order valence-corrected chi connectivity index (χ4v) is 2.71. The summed E-state index contributed by atoms with van der Waals surface area (Å²) in [5.41, 5.74) is 6.42. The van der Waals surface area contributed by atoms with Crippen molar-refractivity contribution < 1.29 is 5.11 Å². The number of nitrogens with zero attached hydrogens (tertiary/aromatic N) is 1. The topological polar surface area (TPSA) is 59.1 Å². The predicted octanol–water partition coefficient (Wildman–Crippen LogP) is 2.67. The molecule has 0 aliphatic rings. The van der Waals surface area contributed by atoms with Crippen molar-refractivity contribution in [1.82, 2.24) is 4.98 Å². The molecule has 0 bridgehead atoms. The fourth-order valence-electron chi connectivity index (χ4n) is 1.64. The van der Waals surface area contributed by atoms with Crippen LogP contribution in [0.3, 0.4) is 0 Å². The maximum absolute atomic E-state index is 9.58.